The number of nitrogens with zero attached hydrogens (tertiary/aromatic N) is 8. The second-order valence-electron chi connectivity index (χ2n) is 10.6. The maximum absolute atomic E-state index is 8.19. The zero-order chi connectivity index (χ0) is 31.7. The molecule has 8 N–H and O–H groups in total. The third kappa shape index (κ3) is 3.96. The molecule has 0 radical (unpaired) electrons. The first-order valence-electron chi connectivity index (χ1n) is 13.9. The van der Waals surface area contributed by atoms with Crippen molar-refractivity contribution in [1.82, 2.24) is 39.9 Å². The van der Waals surface area contributed by atoms with Crippen molar-refractivity contribution in [2.75, 3.05) is 22.9 Å². The molecule has 0 atom stereocenters. The summed E-state index contributed by atoms with van der Waals surface area (Å²) in [6, 6.07) is 22.1. The Hall–Kier alpha value is -6.18. The number of hydrogen-bond donors (Lipinski definition) is 4. The van der Waals surface area contributed by atoms with Gasteiger partial charge in [-0.3, -0.25) is 0 Å². The Bertz CT molecular complexity index is 2590. The van der Waals surface area contributed by atoms with Crippen molar-refractivity contribution in [3.63, 3.8) is 0 Å². The molecule has 13 nitrogen and oxygen atoms in total. The van der Waals surface area contributed by atoms with Crippen LogP contribution in [0.15, 0.2) is 72.8 Å². The van der Waals surface area contributed by atoms with E-state index >= 15 is 0 Å². The summed E-state index contributed by atoms with van der Waals surface area (Å²) in [5.74, 6) is 1.49. The topological polar surface area (TPSA) is 227 Å². The van der Waals surface area contributed by atoms with E-state index in [0.29, 0.717) is 101 Å². The van der Waals surface area contributed by atoms with E-state index in [2.05, 4.69) is 0 Å². The van der Waals surface area contributed by atoms with Gasteiger partial charge < -0.3 is 52.8 Å². The van der Waals surface area contributed by atoms with E-state index in [-0.39, 0.29) is 0 Å². The number of nitrogens with two attached hydrogens (primary N) is 4. The van der Waals surface area contributed by atoms with Crippen molar-refractivity contribution in [2.45, 2.75) is 0 Å². The monoisotopic (exact) mass is 639 g/mol. The predicted molar refractivity (Wildman–Crippen MR) is 172 cm³/mol. The fourth-order valence-corrected chi connectivity index (χ4v) is 5.96. The molecule has 2 aliphatic rings. The quantitative estimate of drug-likeness (QED) is 0.170. The van der Waals surface area contributed by atoms with Crippen LogP contribution in [0.3, 0.4) is 0 Å². The second kappa shape index (κ2) is 10.2. The summed E-state index contributed by atoms with van der Waals surface area (Å²) in [5.41, 5.74) is 32.1. The van der Waals surface area contributed by atoms with Gasteiger partial charge in [0, 0.05) is 78.4 Å². The SMILES string of the molecule is Nc1cccc2c1-c1nc-2nc2[n-]c(nc3nc(nc4[n-]c(n1)c1cccc(N)c41)-c1c(N)cccc1-3)c1c(N)cccc21.[O]=[V+2]. The first kappa shape index (κ1) is 27.4. The summed E-state index contributed by atoms with van der Waals surface area (Å²) in [4.78, 5) is 38.9. The molecule has 3 aromatic heterocycles. The molecular formula is C32H20N12OV. The van der Waals surface area contributed by atoms with Crippen molar-refractivity contribution in [3.05, 3.63) is 72.8 Å². The Balaban J connectivity index is 0.00000153. The molecule has 8 bridgehead atoms. The van der Waals surface area contributed by atoms with Crippen LogP contribution in [0.4, 0.5) is 22.7 Å². The van der Waals surface area contributed by atoms with Crippen LogP contribution in [-0.2, 0) is 21.0 Å². The molecule has 46 heavy (non-hydrogen) atoms. The van der Waals surface area contributed by atoms with Gasteiger partial charge >= 0.3 is 21.0 Å². The van der Waals surface area contributed by atoms with Gasteiger partial charge in [0.2, 0.25) is 0 Å². The van der Waals surface area contributed by atoms with Gasteiger partial charge in [-0.2, -0.15) is 0 Å². The van der Waals surface area contributed by atoms with E-state index in [0.717, 1.165) is 28.3 Å². The van der Waals surface area contributed by atoms with Gasteiger partial charge in [-0.25, -0.2) is 9.97 Å². The summed E-state index contributed by atoms with van der Waals surface area (Å²) >= 11 is 1.06. The molecule has 0 aliphatic carbocycles. The van der Waals surface area contributed by atoms with E-state index in [4.69, 9.17) is 66.5 Å². The second-order valence-corrected chi connectivity index (χ2v) is 10.6. The van der Waals surface area contributed by atoms with Gasteiger partial charge in [0.1, 0.15) is 0 Å². The number of anilines is 4. The molecule has 0 fully saturated rings. The number of hydrogen-bond acceptors (Lipinski definition) is 11. The molecule has 0 unspecified atom stereocenters. The van der Waals surface area contributed by atoms with Gasteiger partial charge in [0.25, 0.3) is 0 Å². The molecule has 4 aromatic carbocycles. The van der Waals surface area contributed by atoms with E-state index in [9.17, 15) is 0 Å². The van der Waals surface area contributed by atoms with Gasteiger partial charge in [-0.15, -0.1) is 0 Å². The van der Waals surface area contributed by atoms with Gasteiger partial charge in [0.05, 0.1) is 23.3 Å². The van der Waals surface area contributed by atoms with E-state index in [1.807, 2.05) is 48.5 Å². The predicted octanol–water partition coefficient (Wildman–Crippen LogP) is 4.33. The van der Waals surface area contributed by atoms with Gasteiger partial charge in [-0.1, -0.05) is 48.5 Å². The normalized spacial score (nSPS) is 11.6. The first-order valence-corrected chi connectivity index (χ1v) is 14.5. The molecule has 2 aliphatic heterocycles. The van der Waals surface area contributed by atoms with Crippen LogP contribution >= 0.6 is 0 Å². The van der Waals surface area contributed by atoms with Crippen LogP contribution < -0.4 is 32.9 Å². The van der Waals surface area contributed by atoms with Crippen molar-refractivity contribution < 1.29 is 21.0 Å². The fourth-order valence-electron chi connectivity index (χ4n) is 5.96. The number of fused-ring (bicyclic) bond motifs is 20. The standard InChI is InChI=1S/C32H20N12.O.V/c33-17-9-1-5-13-21(17)29-38-25(13)37-26-14-6-2-10-18(34)22(14)30(39-26)41-28-16-8-4-12-20(36)24(16)32(43-28)44-31-23-15(27(40-29)42-31)7-3-11-19(23)35;;/h1-12H,33-36H2;;/q-2;;+2. The van der Waals surface area contributed by atoms with Gasteiger partial charge in [-0.05, 0) is 35.0 Å². The van der Waals surface area contributed by atoms with Crippen molar-refractivity contribution >= 4 is 66.9 Å². The zero-order valence-corrected chi connectivity index (χ0v) is 25.1. The molecule has 9 rings (SSSR count). The Morgan fingerprint density at radius 3 is 1.28 bits per heavy atom. The van der Waals surface area contributed by atoms with E-state index in [1.165, 1.54) is 0 Å². The summed E-state index contributed by atoms with van der Waals surface area (Å²) in [6.45, 7) is 0. The maximum atomic E-state index is 8.19. The Labute approximate surface area is 268 Å². The third-order valence-electron chi connectivity index (χ3n) is 7.94. The minimum absolute atomic E-state index is 0.343. The zero-order valence-electron chi connectivity index (χ0n) is 23.7. The number of nitrogen functional groups attached to an aromatic ring is 4. The average Bonchev–Trinajstić information content (AvgIpc) is 3.79. The Morgan fingerprint density at radius 1 is 0.435 bits per heavy atom. The summed E-state index contributed by atoms with van der Waals surface area (Å²) in [5, 5.41) is 2.70. The molecule has 0 amide bonds. The fraction of sp³-hybridized carbons (Fsp3) is 0. The molecule has 0 saturated heterocycles. The molecule has 7 aromatic rings. The summed E-state index contributed by atoms with van der Waals surface area (Å²) in [6.07, 6.45) is 0. The van der Waals surface area contributed by atoms with Crippen LogP contribution in [0, 0.1) is 0 Å². The Morgan fingerprint density at radius 2 is 0.804 bits per heavy atom. The third-order valence-corrected chi connectivity index (χ3v) is 7.94. The summed E-state index contributed by atoms with van der Waals surface area (Å²) in [7, 11) is 0. The molecule has 0 spiro atoms. The Kier molecular flexibility index (Phi) is 6.07. The minimum atomic E-state index is 0.343. The number of aromatic nitrogens is 8. The average molecular weight is 640 g/mol. The van der Waals surface area contributed by atoms with Crippen LogP contribution in [0.5, 0.6) is 0 Å². The van der Waals surface area contributed by atoms with Crippen LogP contribution in [-0.4, -0.2) is 29.9 Å². The molecule has 0 saturated carbocycles. The molecule has 14 heteroatoms. The molecule has 5 heterocycles. The van der Waals surface area contributed by atoms with Crippen LogP contribution in [0.25, 0.3) is 89.7 Å². The van der Waals surface area contributed by atoms with Crippen molar-refractivity contribution in [3.8, 4) is 45.6 Å². The molecular weight excluding hydrogens is 619 g/mol. The summed E-state index contributed by atoms with van der Waals surface area (Å²) < 4.78 is 8.19. The van der Waals surface area contributed by atoms with E-state index in [1.54, 1.807) is 24.3 Å². The van der Waals surface area contributed by atoms with E-state index < -0.39 is 0 Å². The first-order chi connectivity index (χ1) is 22.4. The molecule has 219 valence electrons. The van der Waals surface area contributed by atoms with Crippen molar-refractivity contribution in [2.24, 2.45) is 0 Å². The van der Waals surface area contributed by atoms with Crippen LogP contribution in [0.1, 0.15) is 0 Å². The van der Waals surface area contributed by atoms with Gasteiger partial charge in [0.15, 0.2) is 0 Å². The number of rotatable bonds is 0. The van der Waals surface area contributed by atoms with Crippen molar-refractivity contribution in [1.29, 1.82) is 0 Å². The van der Waals surface area contributed by atoms with Crippen LogP contribution in [0.2, 0.25) is 0 Å². The number of benzene rings is 4.